The third kappa shape index (κ3) is 1.69. The van der Waals surface area contributed by atoms with E-state index >= 15 is 0 Å². The summed E-state index contributed by atoms with van der Waals surface area (Å²) in [6.45, 7) is 6.58. The molecular weight excluding hydrogens is 256 g/mol. The highest BCUT2D eigenvalue weighted by atomic mass is 32.2. The first-order valence-electron chi connectivity index (χ1n) is 6.65. The smallest absolute Gasteiger partial charge is 0.191 e. The number of Topliss-reactive ketones (excluding diaryl/α,β-unsaturated/α-hetero) is 1. The molecule has 4 heteroatoms. The van der Waals surface area contributed by atoms with Crippen molar-refractivity contribution in [3.63, 3.8) is 0 Å². The van der Waals surface area contributed by atoms with Crippen molar-refractivity contribution in [2.45, 2.75) is 38.8 Å². The summed E-state index contributed by atoms with van der Waals surface area (Å²) in [6, 6.07) is 1.80. The van der Waals surface area contributed by atoms with Crippen molar-refractivity contribution in [2.24, 2.45) is 16.7 Å². The van der Waals surface area contributed by atoms with Gasteiger partial charge in [0.2, 0.25) is 0 Å². The lowest BCUT2D eigenvalue weighted by molar-refractivity contribution is -0.125. The van der Waals surface area contributed by atoms with Crippen LogP contribution in [-0.4, -0.2) is 15.8 Å². The Kier molecular flexibility index (Phi) is 2.82. The van der Waals surface area contributed by atoms with Crippen molar-refractivity contribution in [1.29, 1.82) is 0 Å². The minimum absolute atomic E-state index is 0.0774. The lowest BCUT2D eigenvalue weighted by atomic mass is 9.70. The monoisotopic (exact) mass is 274 g/mol. The van der Waals surface area contributed by atoms with Gasteiger partial charge in [0.25, 0.3) is 0 Å². The quantitative estimate of drug-likeness (QED) is 0.470. The molecule has 0 spiro atoms. The fraction of sp³-hybridized carbons (Fsp3) is 0.533. The van der Waals surface area contributed by atoms with Gasteiger partial charge in [0.1, 0.15) is 0 Å². The Hall–Kier alpha value is -1.16. The number of nitrogens with zero attached hydrogens (tertiary/aromatic N) is 2. The van der Waals surface area contributed by atoms with Crippen molar-refractivity contribution in [2.75, 3.05) is 0 Å². The average molecular weight is 274 g/mol. The summed E-state index contributed by atoms with van der Waals surface area (Å²) < 4.78 is 0. The molecule has 0 unspecified atom stereocenters. The van der Waals surface area contributed by atoms with Crippen molar-refractivity contribution in [3.05, 3.63) is 29.4 Å². The molecule has 2 saturated carbocycles. The maximum absolute atomic E-state index is 12.6. The van der Waals surface area contributed by atoms with E-state index in [9.17, 15) is 4.79 Å². The number of rotatable bonds is 2. The molecule has 2 bridgehead atoms. The van der Waals surface area contributed by atoms with E-state index in [1.165, 1.54) is 11.8 Å². The minimum atomic E-state index is -0.179. The maximum Gasteiger partial charge on any atom is 0.191 e. The number of carbonyl (C=O) groups excluding carboxylic acids is 1. The van der Waals surface area contributed by atoms with Gasteiger partial charge in [-0.05, 0) is 35.6 Å². The predicted molar refractivity (Wildman–Crippen MR) is 75.6 cm³/mol. The van der Waals surface area contributed by atoms with Gasteiger partial charge >= 0.3 is 0 Å². The van der Waals surface area contributed by atoms with Crippen LogP contribution in [0.15, 0.2) is 34.6 Å². The summed E-state index contributed by atoms with van der Waals surface area (Å²) in [5.74, 6) is 0.721. The van der Waals surface area contributed by atoms with Crippen LogP contribution < -0.4 is 0 Å². The van der Waals surface area contributed by atoms with E-state index < -0.39 is 0 Å². The first kappa shape index (κ1) is 12.9. The summed E-state index contributed by atoms with van der Waals surface area (Å²) in [5, 5.41) is 2.68. The molecule has 0 amide bonds. The summed E-state index contributed by atoms with van der Waals surface area (Å²) in [7, 11) is 0. The number of ketones is 1. The van der Waals surface area contributed by atoms with Crippen LogP contribution in [0.3, 0.4) is 0 Å². The highest BCUT2D eigenvalue weighted by molar-refractivity contribution is 8.02. The Morgan fingerprint density at radius 1 is 1.32 bits per heavy atom. The van der Waals surface area contributed by atoms with E-state index in [0.29, 0.717) is 16.9 Å². The number of fused-ring (bicyclic) bond motifs is 2. The zero-order chi connectivity index (χ0) is 13.7. The Morgan fingerprint density at radius 3 is 2.58 bits per heavy atom. The standard InChI is InChI=1S/C15H18N2OS/c1-14(2)11-5-6-15(14,3)12(18)10(11)9-19-13-16-7-4-8-17-13/h4,7-9,11H,5-6H2,1-3H3/b10-9-/t11-,15-/m0/s1. The van der Waals surface area contributed by atoms with Crippen LogP contribution in [0.25, 0.3) is 0 Å². The third-order valence-electron chi connectivity index (χ3n) is 5.20. The van der Waals surface area contributed by atoms with E-state index in [4.69, 9.17) is 0 Å². The second-order valence-electron chi connectivity index (χ2n) is 6.20. The van der Waals surface area contributed by atoms with Crippen LogP contribution in [0.4, 0.5) is 0 Å². The van der Waals surface area contributed by atoms with Gasteiger partial charge in [-0.1, -0.05) is 32.5 Å². The normalized spacial score (nSPS) is 34.2. The van der Waals surface area contributed by atoms with Crippen LogP contribution >= 0.6 is 11.8 Å². The van der Waals surface area contributed by atoms with E-state index in [1.54, 1.807) is 18.5 Å². The minimum Gasteiger partial charge on any atom is -0.294 e. The zero-order valence-corrected chi connectivity index (χ0v) is 12.3. The Bertz CT molecular complexity index is 553. The zero-order valence-electron chi connectivity index (χ0n) is 11.5. The number of carbonyl (C=O) groups is 1. The molecule has 2 atom stereocenters. The number of hydrogen-bond donors (Lipinski definition) is 0. The van der Waals surface area contributed by atoms with Crippen molar-refractivity contribution < 1.29 is 4.79 Å². The summed E-state index contributed by atoms with van der Waals surface area (Å²) >= 11 is 1.46. The Morgan fingerprint density at radius 2 is 2.00 bits per heavy atom. The highest BCUT2D eigenvalue weighted by Gasteiger charge is 2.63. The lowest BCUT2D eigenvalue weighted by Gasteiger charge is -2.31. The van der Waals surface area contributed by atoms with Gasteiger partial charge in [-0.3, -0.25) is 4.79 Å². The van der Waals surface area contributed by atoms with Gasteiger partial charge < -0.3 is 0 Å². The molecule has 1 aromatic rings. The fourth-order valence-electron chi connectivity index (χ4n) is 3.53. The molecule has 2 aliphatic rings. The van der Waals surface area contributed by atoms with Crippen LogP contribution in [0, 0.1) is 16.7 Å². The lowest BCUT2D eigenvalue weighted by Crippen LogP contribution is -2.32. The first-order valence-corrected chi connectivity index (χ1v) is 7.53. The molecule has 2 aliphatic carbocycles. The maximum atomic E-state index is 12.6. The fourth-order valence-corrected chi connectivity index (χ4v) is 4.27. The summed E-state index contributed by atoms with van der Waals surface area (Å²) in [6.07, 6.45) is 5.59. The Labute approximate surface area is 117 Å². The van der Waals surface area contributed by atoms with Crippen LogP contribution in [0.5, 0.6) is 0 Å². The van der Waals surface area contributed by atoms with Gasteiger partial charge in [0, 0.05) is 23.4 Å². The van der Waals surface area contributed by atoms with Gasteiger partial charge in [-0.2, -0.15) is 0 Å². The number of hydrogen-bond acceptors (Lipinski definition) is 4. The number of aromatic nitrogens is 2. The van der Waals surface area contributed by atoms with Gasteiger partial charge in [0.05, 0.1) is 0 Å². The van der Waals surface area contributed by atoms with Crippen LogP contribution in [0.1, 0.15) is 33.6 Å². The van der Waals surface area contributed by atoms with Gasteiger partial charge in [0.15, 0.2) is 10.9 Å². The molecule has 0 aliphatic heterocycles. The highest BCUT2D eigenvalue weighted by Crippen LogP contribution is 2.65. The Balaban J connectivity index is 1.89. The largest absolute Gasteiger partial charge is 0.294 e. The number of thioether (sulfide) groups is 1. The molecule has 1 heterocycles. The number of allylic oxidation sites excluding steroid dienone is 1. The second kappa shape index (κ2) is 4.17. The molecule has 1 aromatic heterocycles. The van der Waals surface area contributed by atoms with E-state index in [-0.39, 0.29) is 10.8 Å². The van der Waals surface area contributed by atoms with Crippen molar-refractivity contribution >= 4 is 17.5 Å². The van der Waals surface area contributed by atoms with E-state index in [2.05, 4.69) is 30.7 Å². The molecule has 2 fully saturated rings. The van der Waals surface area contributed by atoms with Gasteiger partial charge in [-0.15, -0.1) is 0 Å². The molecule has 3 rings (SSSR count). The molecule has 0 aromatic carbocycles. The average Bonchev–Trinajstić information content (AvgIpc) is 2.70. The van der Waals surface area contributed by atoms with Crippen LogP contribution in [0.2, 0.25) is 0 Å². The molecule has 0 saturated heterocycles. The molecule has 19 heavy (non-hydrogen) atoms. The topological polar surface area (TPSA) is 42.9 Å². The van der Waals surface area contributed by atoms with E-state index in [1.807, 2.05) is 5.41 Å². The molecule has 0 N–H and O–H groups in total. The van der Waals surface area contributed by atoms with Crippen LogP contribution in [-0.2, 0) is 4.79 Å². The molecule has 0 radical (unpaired) electrons. The predicted octanol–water partition coefficient (Wildman–Crippen LogP) is 3.48. The third-order valence-corrected chi connectivity index (χ3v) is 5.99. The first-order chi connectivity index (χ1) is 8.97. The second-order valence-corrected chi connectivity index (χ2v) is 7.03. The molecule has 3 nitrogen and oxygen atoms in total. The molecule has 100 valence electrons. The van der Waals surface area contributed by atoms with Crippen molar-refractivity contribution in [3.8, 4) is 0 Å². The SMILES string of the molecule is CC1(C)[C@H]2CC[C@@]1(C)C(=O)/C2=C\Sc1ncccn1. The van der Waals surface area contributed by atoms with E-state index in [0.717, 1.165) is 18.4 Å². The van der Waals surface area contributed by atoms with Crippen molar-refractivity contribution in [1.82, 2.24) is 9.97 Å². The summed E-state index contributed by atoms with van der Waals surface area (Å²) in [5.41, 5.74) is 0.881. The summed E-state index contributed by atoms with van der Waals surface area (Å²) in [4.78, 5) is 21.0. The van der Waals surface area contributed by atoms with Gasteiger partial charge in [-0.25, -0.2) is 9.97 Å². The molecular formula is C15H18N2OS.